The van der Waals surface area contributed by atoms with E-state index < -0.39 is 6.10 Å². The highest BCUT2D eigenvalue weighted by Gasteiger charge is 2.24. The Hall–Kier alpha value is -2.05. The van der Waals surface area contributed by atoms with Crippen LogP contribution in [-0.2, 0) is 0 Å². The van der Waals surface area contributed by atoms with Crippen LogP contribution in [0.5, 0.6) is 5.75 Å². The standard InChI is InChI=1S/C16H23N3O3/c1-11(2)10-22-15-6-4-3-5-12(15)18-16(21)19-13-9-17-8-7-14(13)20/h3-6,13-14,17,20H,1,7-10H2,2H3,(H2,18,19,21)/t13-,14-/m1/s1. The average molecular weight is 305 g/mol. The number of aliphatic hydroxyl groups excluding tert-OH is 1. The average Bonchev–Trinajstić information content (AvgIpc) is 2.48. The molecule has 2 atom stereocenters. The van der Waals surface area contributed by atoms with Gasteiger partial charge in [0.25, 0.3) is 0 Å². The summed E-state index contributed by atoms with van der Waals surface area (Å²) in [4.78, 5) is 12.1. The largest absolute Gasteiger partial charge is 0.487 e. The van der Waals surface area contributed by atoms with Crippen molar-refractivity contribution < 1.29 is 14.6 Å². The Bertz CT molecular complexity index is 533. The summed E-state index contributed by atoms with van der Waals surface area (Å²) < 4.78 is 5.61. The molecular formula is C16H23N3O3. The number of rotatable bonds is 5. The number of ether oxygens (including phenoxy) is 1. The molecule has 1 aromatic carbocycles. The van der Waals surface area contributed by atoms with Gasteiger partial charge in [0, 0.05) is 6.54 Å². The molecule has 2 amide bonds. The molecule has 0 spiro atoms. The molecule has 120 valence electrons. The molecule has 2 rings (SSSR count). The van der Waals surface area contributed by atoms with Crippen LogP contribution in [0.4, 0.5) is 10.5 Å². The summed E-state index contributed by atoms with van der Waals surface area (Å²) >= 11 is 0. The van der Waals surface area contributed by atoms with Gasteiger partial charge >= 0.3 is 6.03 Å². The predicted molar refractivity (Wildman–Crippen MR) is 86.2 cm³/mol. The number of nitrogens with one attached hydrogen (secondary N) is 3. The zero-order chi connectivity index (χ0) is 15.9. The topological polar surface area (TPSA) is 82.6 Å². The van der Waals surface area contributed by atoms with Crippen molar-refractivity contribution in [2.45, 2.75) is 25.5 Å². The summed E-state index contributed by atoms with van der Waals surface area (Å²) in [6.07, 6.45) is 0.102. The third kappa shape index (κ3) is 4.75. The van der Waals surface area contributed by atoms with E-state index in [1.165, 1.54) is 0 Å². The zero-order valence-electron chi connectivity index (χ0n) is 12.8. The van der Waals surface area contributed by atoms with E-state index in [0.29, 0.717) is 31.0 Å². The van der Waals surface area contributed by atoms with E-state index in [2.05, 4.69) is 22.5 Å². The first-order chi connectivity index (χ1) is 10.6. The predicted octanol–water partition coefficient (Wildman–Crippen LogP) is 1.49. The molecule has 0 unspecified atom stereocenters. The smallest absolute Gasteiger partial charge is 0.319 e. The lowest BCUT2D eigenvalue weighted by Crippen LogP contribution is -2.54. The first-order valence-corrected chi connectivity index (χ1v) is 7.39. The summed E-state index contributed by atoms with van der Waals surface area (Å²) in [5.74, 6) is 0.586. The Labute approximate surface area is 130 Å². The summed E-state index contributed by atoms with van der Waals surface area (Å²) in [5.41, 5.74) is 1.48. The van der Waals surface area contributed by atoms with Crippen molar-refractivity contribution in [3.05, 3.63) is 36.4 Å². The first kappa shape index (κ1) is 16.3. The van der Waals surface area contributed by atoms with Crippen LogP contribution in [0, 0.1) is 0 Å². The van der Waals surface area contributed by atoms with Gasteiger partial charge in [0.15, 0.2) is 0 Å². The van der Waals surface area contributed by atoms with E-state index >= 15 is 0 Å². The highest BCUT2D eigenvalue weighted by molar-refractivity contribution is 5.91. The van der Waals surface area contributed by atoms with Gasteiger partial charge in [-0.15, -0.1) is 0 Å². The third-order valence-electron chi connectivity index (χ3n) is 3.37. The zero-order valence-corrected chi connectivity index (χ0v) is 12.8. The molecule has 22 heavy (non-hydrogen) atoms. The molecule has 0 saturated carbocycles. The molecule has 1 heterocycles. The molecule has 1 saturated heterocycles. The van der Waals surface area contributed by atoms with E-state index in [1.807, 2.05) is 19.1 Å². The number of hydrogen-bond donors (Lipinski definition) is 4. The van der Waals surface area contributed by atoms with E-state index in [4.69, 9.17) is 4.74 Å². The molecule has 0 bridgehead atoms. The number of carbonyl (C=O) groups is 1. The van der Waals surface area contributed by atoms with Gasteiger partial charge in [-0.3, -0.25) is 0 Å². The second-order valence-corrected chi connectivity index (χ2v) is 5.51. The van der Waals surface area contributed by atoms with Gasteiger partial charge in [-0.25, -0.2) is 4.79 Å². The SMILES string of the molecule is C=C(C)COc1ccccc1NC(=O)N[C@@H]1CNCC[C@H]1O. The van der Waals surface area contributed by atoms with Crippen LogP contribution in [0.15, 0.2) is 36.4 Å². The van der Waals surface area contributed by atoms with Crippen molar-refractivity contribution in [2.24, 2.45) is 0 Å². The lowest BCUT2D eigenvalue weighted by molar-refractivity contribution is 0.103. The van der Waals surface area contributed by atoms with Crippen LogP contribution in [0.25, 0.3) is 0 Å². The van der Waals surface area contributed by atoms with Crippen LogP contribution in [0.2, 0.25) is 0 Å². The van der Waals surface area contributed by atoms with E-state index in [0.717, 1.165) is 12.1 Å². The lowest BCUT2D eigenvalue weighted by atomic mass is 10.0. The number of para-hydroxylation sites is 2. The monoisotopic (exact) mass is 305 g/mol. The van der Waals surface area contributed by atoms with Crippen molar-refractivity contribution in [3.8, 4) is 5.75 Å². The minimum absolute atomic E-state index is 0.294. The second-order valence-electron chi connectivity index (χ2n) is 5.51. The Morgan fingerprint density at radius 1 is 1.50 bits per heavy atom. The minimum Gasteiger partial charge on any atom is -0.487 e. The molecular weight excluding hydrogens is 282 g/mol. The fourth-order valence-electron chi connectivity index (χ4n) is 2.22. The van der Waals surface area contributed by atoms with Crippen LogP contribution >= 0.6 is 0 Å². The molecule has 0 aliphatic carbocycles. The highest BCUT2D eigenvalue weighted by atomic mass is 16.5. The number of urea groups is 1. The quantitative estimate of drug-likeness (QED) is 0.621. The van der Waals surface area contributed by atoms with E-state index in [9.17, 15) is 9.90 Å². The highest BCUT2D eigenvalue weighted by Crippen LogP contribution is 2.24. The summed E-state index contributed by atoms with van der Waals surface area (Å²) in [6.45, 7) is 7.38. The number of benzene rings is 1. The van der Waals surface area contributed by atoms with Crippen molar-refractivity contribution >= 4 is 11.7 Å². The Morgan fingerprint density at radius 3 is 3.00 bits per heavy atom. The number of aliphatic hydroxyl groups is 1. The molecule has 6 heteroatoms. The molecule has 1 aliphatic rings. The van der Waals surface area contributed by atoms with Crippen LogP contribution < -0.4 is 20.7 Å². The number of amides is 2. The first-order valence-electron chi connectivity index (χ1n) is 7.39. The van der Waals surface area contributed by atoms with Gasteiger partial charge < -0.3 is 25.8 Å². The Kier molecular flexibility index (Phi) is 5.80. The van der Waals surface area contributed by atoms with Crippen molar-refractivity contribution in [2.75, 3.05) is 25.0 Å². The van der Waals surface area contributed by atoms with Crippen molar-refractivity contribution in [1.82, 2.24) is 10.6 Å². The molecule has 0 radical (unpaired) electrons. The molecule has 0 aromatic heterocycles. The lowest BCUT2D eigenvalue weighted by Gasteiger charge is -2.29. The molecule has 1 aromatic rings. The van der Waals surface area contributed by atoms with Crippen LogP contribution in [-0.4, -0.2) is 43.0 Å². The maximum Gasteiger partial charge on any atom is 0.319 e. The fourth-order valence-corrected chi connectivity index (χ4v) is 2.22. The Morgan fingerprint density at radius 2 is 2.27 bits per heavy atom. The molecule has 6 nitrogen and oxygen atoms in total. The summed E-state index contributed by atoms with van der Waals surface area (Å²) in [7, 11) is 0. The van der Waals surface area contributed by atoms with Gasteiger partial charge in [-0.1, -0.05) is 18.7 Å². The van der Waals surface area contributed by atoms with Crippen molar-refractivity contribution in [1.29, 1.82) is 0 Å². The van der Waals surface area contributed by atoms with Crippen LogP contribution in [0.3, 0.4) is 0 Å². The second kappa shape index (κ2) is 7.82. The van der Waals surface area contributed by atoms with Crippen LogP contribution in [0.1, 0.15) is 13.3 Å². The minimum atomic E-state index is -0.526. The third-order valence-corrected chi connectivity index (χ3v) is 3.37. The van der Waals surface area contributed by atoms with Gasteiger partial charge in [-0.2, -0.15) is 0 Å². The molecule has 4 N–H and O–H groups in total. The van der Waals surface area contributed by atoms with Crippen molar-refractivity contribution in [3.63, 3.8) is 0 Å². The summed E-state index contributed by atoms with van der Waals surface area (Å²) in [5, 5.41) is 18.5. The van der Waals surface area contributed by atoms with Gasteiger partial charge in [0.1, 0.15) is 12.4 Å². The maximum atomic E-state index is 12.1. The molecule has 1 aliphatic heterocycles. The van der Waals surface area contributed by atoms with Gasteiger partial charge in [0.2, 0.25) is 0 Å². The summed E-state index contributed by atoms with van der Waals surface area (Å²) in [6, 6.07) is 6.56. The Balaban J connectivity index is 1.94. The number of hydrogen-bond acceptors (Lipinski definition) is 4. The van der Waals surface area contributed by atoms with E-state index in [1.54, 1.807) is 12.1 Å². The number of carbonyl (C=O) groups excluding carboxylic acids is 1. The number of piperidine rings is 1. The number of anilines is 1. The maximum absolute atomic E-state index is 12.1. The molecule has 1 fully saturated rings. The van der Waals surface area contributed by atoms with Gasteiger partial charge in [0.05, 0.1) is 17.8 Å². The normalized spacial score (nSPS) is 21.0. The van der Waals surface area contributed by atoms with Gasteiger partial charge in [-0.05, 0) is 37.6 Å². The fraction of sp³-hybridized carbons (Fsp3) is 0.438. The van der Waals surface area contributed by atoms with E-state index in [-0.39, 0.29) is 12.1 Å².